The topological polar surface area (TPSA) is 81.2 Å². The molecule has 0 aliphatic carbocycles. The summed E-state index contributed by atoms with van der Waals surface area (Å²) < 4.78 is -0.779. The van der Waals surface area contributed by atoms with Crippen LogP contribution in [0.2, 0.25) is 0 Å². The highest BCUT2D eigenvalue weighted by atomic mass is 79.9. The SMILES string of the molecule is C=CCN(C)C(=O)[C@H]1[C@H]2C(=O)N([C@H](CO)c3ccccc3)C(C(=O)N(CC=C)C(C)C)C23CC(Br)[C@@H]1S3. The molecule has 1 aromatic carbocycles. The van der Waals surface area contributed by atoms with Gasteiger partial charge in [0.2, 0.25) is 17.7 Å². The van der Waals surface area contributed by atoms with Crippen molar-refractivity contribution in [1.29, 1.82) is 0 Å². The molecule has 3 saturated heterocycles. The molecule has 1 spiro atoms. The van der Waals surface area contributed by atoms with E-state index in [1.165, 1.54) is 0 Å². The Kier molecular flexibility index (Phi) is 8.26. The van der Waals surface area contributed by atoms with E-state index in [0.29, 0.717) is 19.5 Å². The lowest BCUT2D eigenvalue weighted by Gasteiger charge is -2.41. The number of aliphatic hydroxyl groups excluding tert-OH is 1. The first-order valence-corrected chi connectivity index (χ1v) is 14.5. The quantitative estimate of drug-likeness (QED) is 0.335. The molecule has 0 saturated carbocycles. The molecule has 3 fully saturated rings. The first-order valence-electron chi connectivity index (χ1n) is 12.7. The Balaban J connectivity index is 1.87. The fourth-order valence-electron chi connectivity index (χ4n) is 6.38. The molecular formula is C28H36BrN3O4S. The Morgan fingerprint density at radius 1 is 1.22 bits per heavy atom. The Labute approximate surface area is 232 Å². The van der Waals surface area contributed by atoms with Gasteiger partial charge in [-0.2, -0.15) is 0 Å². The molecule has 1 N–H and O–H groups in total. The molecule has 2 bridgehead atoms. The summed E-state index contributed by atoms with van der Waals surface area (Å²) in [6, 6.07) is 7.70. The van der Waals surface area contributed by atoms with Gasteiger partial charge in [-0.15, -0.1) is 24.9 Å². The van der Waals surface area contributed by atoms with Crippen LogP contribution in [0.3, 0.4) is 0 Å². The summed E-state index contributed by atoms with van der Waals surface area (Å²) in [5.41, 5.74) is 0.758. The molecule has 0 aromatic heterocycles. The number of nitrogens with zero attached hydrogens (tertiary/aromatic N) is 3. The molecule has 9 heteroatoms. The number of hydrogen-bond acceptors (Lipinski definition) is 5. The minimum absolute atomic E-state index is 0.0147. The van der Waals surface area contributed by atoms with Gasteiger partial charge in [0.1, 0.15) is 6.04 Å². The van der Waals surface area contributed by atoms with Crippen molar-refractivity contribution in [2.75, 3.05) is 26.7 Å². The number of hydrogen-bond donors (Lipinski definition) is 1. The molecule has 3 aliphatic heterocycles. The third-order valence-electron chi connectivity index (χ3n) is 7.95. The van der Waals surface area contributed by atoms with Gasteiger partial charge in [-0.25, -0.2) is 0 Å². The van der Waals surface area contributed by atoms with Crippen molar-refractivity contribution in [3.8, 4) is 0 Å². The van der Waals surface area contributed by atoms with Crippen molar-refractivity contribution in [3.05, 3.63) is 61.2 Å². The van der Waals surface area contributed by atoms with E-state index >= 15 is 0 Å². The summed E-state index contributed by atoms with van der Waals surface area (Å²) in [6.45, 7) is 11.9. The predicted octanol–water partition coefficient (Wildman–Crippen LogP) is 3.25. The summed E-state index contributed by atoms with van der Waals surface area (Å²) in [5, 5.41) is 10.5. The normalized spacial score (nSPS) is 30.8. The molecular weight excluding hydrogens is 554 g/mol. The molecule has 1 aromatic rings. The number of thioether (sulfide) groups is 1. The van der Waals surface area contributed by atoms with E-state index in [1.807, 2.05) is 44.2 Å². The van der Waals surface area contributed by atoms with E-state index in [9.17, 15) is 19.5 Å². The third kappa shape index (κ3) is 4.46. The zero-order valence-corrected chi connectivity index (χ0v) is 24.0. The third-order valence-corrected chi connectivity index (χ3v) is 11.2. The van der Waals surface area contributed by atoms with Crippen LogP contribution in [0.1, 0.15) is 31.9 Å². The lowest BCUT2D eigenvalue weighted by molar-refractivity contribution is -0.147. The summed E-state index contributed by atoms with van der Waals surface area (Å²) >= 11 is 5.41. The van der Waals surface area contributed by atoms with Crippen LogP contribution in [-0.2, 0) is 14.4 Å². The van der Waals surface area contributed by atoms with Crippen LogP contribution in [0, 0.1) is 11.8 Å². The van der Waals surface area contributed by atoms with E-state index in [-0.39, 0.29) is 40.4 Å². The number of rotatable bonds is 10. The van der Waals surface area contributed by atoms with Gasteiger partial charge in [-0.1, -0.05) is 58.4 Å². The largest absolute Gasteiger partial charge is 0.394 e. The van der Waals surface area contributed by atoms with Gasteiger partial charge in [0.05, 0.1) is 29.2 Å². The minimum atomic E-state index is -0.817. The van der Waals surface area contributed by atoms with Crippen LogP contribution in [0.15, 0.2) is 55.6 Å². The number of carbonyl (C=O) groups is 3. The molecule has 4 rings (SSSR count). The second-order valence-electron chi connectivity index (χ2n) is 10.4. The molecule has 37 heavy (non-hydrogen) atoms. The number of carbonyl (C=O) groups excluding carboxylic acids is 3. The van der Waals surface area contributed by atoms with E-state index in [1.54, 1.807) is 45.7 Å². The van der Waals surface area contributed by atoms with Crippen molar-refractivity contribution < 1.29 is 19.5 Å². The number of alkyl halides is 1. The molecule has 3 unspecified atom stereocenters. The summed E-state index contributed by atoms with van der Waals surface area (Å²) in [7, 11) is 1.72. The van der Waals surface area contributed by atoms with Crippen molar-refractivity contribution in [1.82, 2.24) is 14.7 Å². The lowest BCUT2D eigenvalue weighted by Crippen LogP contribution is -2.57. The van der Waals surface area contributed by atoms with Crippen molar-refractivity contribution >= 4 is 45.4 Å². The number of likely N-dealkylation sites (tertiary alicyclic amines) is 1. The van der Waals surface area contributed by atoms with Gasteiger partial charge in [-0.05, 0) is 25.8 Å². The smallest absolute Gasteiger partial charge is 0.247 e. The van der Waals surface area contributed by atoms with Crippen LogP contribution in [-0.4, -0.2) is 91.2 Å². The van der Waals surface area contributed by atoms with Crippen LogP contribution >= 0.6 is 27.7 Å². The fourth-order valence-corrected chi connectivity index (χ4v) is 9.97. The molecule has 200 valence electrons. The second-order valence-corrected chi connectivity index (χ2v) is 13.1. The highest BCUT2D eigenvalue weighted by molar-refractivity contribution is 9.09. The van der Waals surface area contributed by atoms with Gasteiger partial charge in [0.25, 0.3) is 0 Å². The molecule has 3 aliphatic rings. The maximum Gasteiger partial charge on any atom is 0.247 e. The number of aliphatic hydroxyl groups is 1. The van der Waals surface area contributed by atoms with Crippen LogP contribution in [0.4, 0.5) is 0 Å². The zero-order chi connectivity index (χ0) is 27.1. The van der Waals surface area contributed by atoms with Gasteiger partial charge >= 0.3 is 0 Å². The summed E-state index contributed by atoms with van der Waals surface area (Å²) in [5.74, 6) is -1.73. The molecule has 3 amide bonds. The van der Waals surface area contributed by atoms with Gasteiger partial charge in [0.15, 0.2) is 0 Å². The Bertz CT molecular complexity index is 1070. The van der Waals surface area contributed by atoms with Crippen LogP contribution in [0.25, 0.3) is 0 Å². The van der Waals surface area contributed by atoms with E-state index in [0.717, 1.165) is 5.56 Å². The number of benzene rings is 1. The molecule has 0 radical (unpaired) electrons. The maximum absolute atomic E-state index is 14.4. The molecule has 7 nitrogen and oxygen atoms in total. The molecule has 3 heterocycles. The zero-order valence-electron chi connectivity index (χ0n) is 21.6. The summed E-state index contributed by atoms with van der Waals surface area (Å²) in [4.78, 5) is 47.5. The standard InChI is InChI=1S/C28H36BrN3O4S/c1-6-13-30(5)25(34)21-22-26(35)32(20(16-33)18-11-9-8-10-12-18)24(27(36)31(14-7-2)17(3)4)28(22)15-19(29)23(21)37-28/h6-12,17,19-24,33H,1-2,13-16H2,3-5H3/t19?,20-,21+,22+,23+,24?,28?/m1/s1. The van der Waals surface area contributed by atoms with Crippen molar-refractivity contribution in [2.24, 2.45) is 11.8 Å². The second kappa shape index (κ2) is 10.9. The first kappa shape index (κ1) is 27.9. The summed E-state index contributed by atoms with van der Waals surface area (Å²) in [6.07, 6.45) is 3.95. The minimum Gasteiger partial charge on any atom is -0.394 e. The van der Waals surface area contributed by atoms with Gasteiger partial charge < -0.3 is 19.8 Å². The van der Waals surface area contributed by atoms with E-state index in [2.05, 4.69) is 29.1 Å². The predicted molar refractivity (Wildman–Crippen MR) is 150 cm³/mol. The lowest BCUT2D eigenvalue weighted by atomic mass is 9.70. The maximum atomic E-state index is 14.4. The van der Waals surface area contributed by atoms with Crippen LogP contribution < -0.4 is 0 Å². The van der Waals surface area contributed by atoms with E-state index < -0.39 is 28.7 Å². The van der Waals surface area contributed by atoms with E-state index in [4.69, 9.17) is 0 Å². The van der Waals surface area contributed by atoms with Crippen molar-refractivity contribution in [3.63, 3.8) is 0 Å². The number of halogens is 1. The van der Waals surface area contributed by atoms with Gasteiger partial charge in [0, 0.05) is 36.3 Å². The molecule has 7 atom stereocenters. The number of likely N-dealkylation sites (N-methyl/N-ethyl adjacent to an activating group) is 1. The highest BCUT2D eigenvalue weighted by Gasteiger charge is 2.76. The fraction of sp³-hybridized carbons (Fsp3) is 0.536. The number of fused-ring (bicyclic) bond motifs is 1. The Morgan fingerprint density at radius 2 is 1.86 bits per heavy atom. The first-order chi connectivity index (χ1) is 17.6. The monoisotopic (exact) mass is 589 g/mol. The van der Waals surface area contributed by atoms with Crippen LogP contribution in [0.5, 0.6) is 0 Å². The average molecular weight is 591 g/mol. The average Bonchev–Trinajstić information content (AvgIpc) is 3.46. The number of amides is 3. The van der Waals surface area contributed by atoms with Crippen molar-refractivity contribution in [2.45, 2.75) is 53.2 Å². The Morgan fingerprint density at radius 3 is 2.43 bits per heavy atom. The highest BCUT2D eigenvalue weighted by Crippen LogP contribution is 2.68. The van der Waals surface area contributed by atoms with Gasteiger partial charge in [-0.3, -0.25) is 14.4 Å². The Hall–Kier alpha value is -2.10.